The van der Waals surface area contributed by atoms with Gasteiger partial charge in [0.2, 0.25) is 0 Å². The molecule has 6 nitrogen and oxygen atoms in total. The van der Waals surface area contributed by atoms with Crippen LogP contribution in [0.15, 0.2) is 34.8 Å². The molecule has 0 aliphatic carbocycles. The third-order valence-corrected chi connectivity index (χ3v) is 4.38. The minimum Gasteiger partial charge on any atom is -0.491 e. The molecule has 2 rings (SSSR count). The Hall–Kier alpha value is -2.09. The molecule has 0 aromatic heterocycles. The zero-order valence-corrected chi connectivity index (χ0v) is 17.3. The quantitative estimate of drug-likeness (QED) is 0.471. The molecule has 0 amide bonds. The second kappa shape index (κ2) is 10.3. The van der Waals surface area contributed by atoms with E-state index >= 15 is 0 Å². The highest BCUT2D eigenvalue weighted by Gasteiger charge is 2.13. The number of carbonyl (C=O) groups excluding carboxylic acids is 1. The van der Waals surface area contributed by atoms with Gasteiger partial charge in [0.1, 0.15) is 23.9 Å². The molecule has 2 aromatic rings. The molecule has 0 unspecified atom stereocenters. The molecule has 146 valence electrons. The summed E-state index contributed by atoms with van der Waals surface area (Å²) in [5.74, 6) is 1.71. The third kappa shape index (κ3) is 5.95. The predicted molar refractivity (Wildman–Crippen MR) is 107 cm³/mol. The number of methoxy groups -OCH3 is 1. The SMILES string of the molecule is COC(=O)c1ccc(Oc2c(C)cc(OCCOCCN)cc2C)c(Br)c1. The van der Waals surface area contributed by atoms with Crippen LogP contribution in [0.3, 0.4) is 0 Å². The molecule has 0 fully saturated rings. The summed E-state index contributed by atoms with van der Waals surface area (Å²) in [6.45, 7) is 5.89. The van der Waals surface area contributed by atoms with Gasteiger partial charge < -0.3 is 24.7 Å². The number of esters is 1. The first kappa shape index (κ1) is 21.2. The van der Waals surface area contributed by atoms with Crippen molar-refractivity contribution in [1.82, 2.24) is 0 Å². The van der Waals surface area contributed by atoms with E-state index in [0.717, 1.165) is 22.6 Å². The van der Waals surface area contributed by atoms with E-state index in [-0.39, 0.29) is 0 Å². The normalized spacial score (nSPS) is 10.6. The van der Waals surface area contributed by atoms with Crippen molar-refractivity contribution in [3.05, 3.63) is 51.5 Å². The van der Waals surface area contributed by atoms with Crippen molar-refractivity contribution in [2.45, 2.75) is 13.8 Å². The first-order valence-electron chi connectivity index (χ1n) is 8.53. The topological polar surface area (TPSA) is 80.0 Å². The molecule has 0 radical (unpaired) electrons. The van der Waals surface area contributed by atoms with Gasteiger partial charge in [-0.15, -0.1) is 0 Å². The molecule has 2 N–H and O–H groups in total. The fourth-order valence-corrected chi connectivity index (χ4v) is 2.96. The fourth-order valence-electron chi connectivity index (χ4n) is 2.50. The number of carbonyl (C=O) groups is 1. The summed E-state index contributed by atoms with van der Waals surface area (Å²) in [5.41, 5.74) is 7.71. The lowest BCUT2D eigenvalue weighted by Gasteiger charge is -2.15. The highest BCUT2D eigenvalue weighted by molar-refractivity contribution is 9.10. The Kier molecular flexibility index (Phi) is 8.09. The third-order valence-electron chi connectivity index (χ3n) is 3.76. The van der Waals surface area contributed by atoms with Crippen LogP contribution in [0.2, 0.25) is 0 Å². The van der Waals surface area contributed by atoms with E-state index < -0.39 is 5.97 Å². The smallest absolute Gasteiger partial charge is 0.337 e. The number of halogens is 1. The van der Waals surface area contributed by atoms with Crippen LogP contribution in [0.25, 0.3) is 0 Å². The molecule has 0 spiro atoms. The van der Waals surface area contributed by atoms with Gasteiger partial charge in [-0.05, 0) is 71.2 Å². The molecule has 0 heterocycles. The van der Waals surface area contributed by atoms with E-state index in [1.54, 1.807) is 18.2 Å². The number of benzene rings is 2. The largest absolute Gasteiger partial charge is 0.491 e. The maximum atomic E-state index is 11.6. The van der Waals surface area contributed by atoms with Crippen LogP contribution in [0, 0.1) is 13.8 Å². The van der Waals surface area contributed by atoms with Gasteiger partial charge in [0.15, 0.2) is 0 Å². The summed E-state index contributed by atoms with van der Waals surface area (Å²) in [6.07, 6.45) is 0. The van der Waals surface area contributed by atoms with Gasteiger partial charge in [-0.25, -0.2) is 4.79 Å². The van der Waals surface area contributed by atoms with Gasteiger partial charge in [-0.3, -0.25) is 0 Å². The molecular weight excluding hydrogens is 414 g/mol. The van der Waals surface area contributed by atoms with Crippen molar-refractivity contribution < 1.29 is 23.7 Å². The van der Waals surface area contributed by atoms with Crippen LogP contribution in [0.5, 0.6) is 17.2 Å². The summed E-state index contributed by atoms with van der Waals surface area (Å²) in [4.78, 5) is 11.6. The monoisotopic (exact) mass is 437 g/mol. The van der Waals surface area contributed by atoms with Crippen molar-refractivity contribution in [3.8, 4) is 17.2 Å². The maximum absolute atomic E-state index is 11.6. The van der Waals surface area contributed by atoms with Gasteiger partial charge in [0, 0.05) is 6.54 Å². The number of hydrogen-bond donors (Lipinski definition) is 1. The highest BCUT2D eigenvalue weighted by Crippen LogP contribution is 2.36. The van der Waals surface area contributed by atoms with E-state index in [9.17, 15) is 4.79 Å². The first-order valence-corrected chi connectivity index (χ1v) is 9.33. The Labute approximate surface area is 167 Å². The van der Waals surface area contributed by atoms with Gasteiger partial charge in [-0.1, -0.05) is 0 Å². The van der Waals surface area contributed by atoms with Crippen LogP contribution in [-0.4, -0.2) is 39.4 Å². The lowest BCUT2D eigenvalue weighted by atomic mass is 10.1. The average Bonchev–Trinajstić information content (AvgIpc) is 2.65. The Morgan fingerprint density at radius 2 is 1.78 bits per heavy atom. The van der Waals surface area contributed by atoms with E-state index in [1.165, 1.54) is 7.11 Å². The number of rotatable bonds is 9. The fraction of sp³-hybridized carbons (Fsp3) is 0.350. The molecule has 2 aromatic carbocycles. The maximum Gasteiger partial charge on any atom is 0.337 e. The second-order valence-electron chi connectivity index (χ2n) is 5.87. The molecule has 0 bridgehead atoms. The van der Waals surface area contributed by atoms with Crippen molar-refractivity contribution in [1.29, 1.82) is 0 Å². The minimum atomic E-state index is -0.397. The van der Waals surface area contributed by atoms with Crippen molar-refractivity contribution in [3.63, 3.8) is 0 Å². The number of ether oxygens (including phenoxy) is 4. The van der Waals surface area contributed by atoms with Crippen molar-refractivity contribution >= 4 is 21.9 Å². The Morgan fingerprint density at radius 3 is 2.37 bits per heavy atom. The van der Waals surface area contributed by atoms with Crippen LogP contribution < -0.4 is 15.2 Å². The van der Waals surface area contributed by atoms with Crippen LogP contribution >= 0.6 is 15.9 Å². The van der Waals surface area contributed by atoms with Crippen LogP contribution in [-0.2, 0) is 9.47 Å². The van der Waals surface area contributed by atoms with Crippen molar-refractivity contribution in [2.75, 3.05) is 33.5 Å². The number of aryl methyl sites for hydroxylation is 2. The lowest BCUT2D eigenvalue weighted by molar-refractivity contribution is 0.0600. The zero-order chi connectivity index (χ0) is 19.8. The summed E-state index contributed by atoms with van der Waals surface area (Å²) >= 11 is 3.44. The molecule has 7 heteroatoms. The van der Waals surface area contributed by atoms with Gasteiger partial charge >= 0.3 is 5.97 Å². The number of nitrogens with two attached hydrogens (primary N) is 1. The molecule has 0 saturated heterocycles. The highest BCUT2D eigenvalue weighted by atomic mass is 79.9. The molecule has 0 atom stereocenters. The number of hydrogen-bond acceptors (Lipinski definition) is 6. The summed E-state index contributed by atoms with van der Waals surface area (Å²) in [5, 5.41) is 0. The molecule has 0 aliphatic rings. The molecular formula is C20H24BrNO5. The lowest BCUT2D eigenvalue weighted by Crippen LogP contribution is -2.13. The van der Waals surface area contributed by atoms with Gasteiger partial charge in [0.05, 0.1) is 30.4 Å². The molecule has 27 heavy (non-hydrogen) atoms. The van der Waals surface area contributed by atoms with E-state index in [1.807, 2.05) is 26.0 Å². The van der Waals surface area contributed by atoms with Crippen LogP contribution in [0.1, 0.15) is 21.5 Å². The van der Waals surface area contributed by atoms with Gasteiger partial charge in [-0.2, -0.15) is 0 Å². The summed E-state index contributed by atoms with van der Waals surface area (Å²) < 4.78 is 22.5. The Morgan fingerprint density at radius 1 is 1.07 bits per heavy atom. The Balaban J connectivity index is 2.09. The predicted octanol–water partition coefficient (Wildman–Crippen LogP) is 4.00. The van der Waals surface area contributed by atoms with E-state index in [4.69, 9.17) is 24.7 Å². The van der Waals surface area contributed by atoms with Crippen LogP contribution in [0.4, 0.5) is 0 Å². The van der Waals surface area contributed by atoms with E-state index in [0.29, 0.717) is 42.2 Å². The second-order valence-corrected chi connectivity index (χ2v) is 6.73. The molecule has 0 aliphatic heterocycles. The van der Waals surface area contributed by atoms with E-state index in [2.05, 4.69) is 15.9 Å². The standard InChI is InChI=1S/C20H24BrNO5/c1-13-10-16(26-9-8-25-7-6-22)11-14(2)19(13)27-18-5-4-15(12-17(18)21)20(23)24-3/h4-5,10-12H,6-9,22H2,1-3H3. The first-order chi connectivity index (χ1) is 13.0. The Bertz CT molecular complexity index is 771. The zero-order valence-electron chi connectivity index (χ0n) is 15.7. The van der Waals surface area contributed by atoms with Crippen molar-refractivity contribution in [2.24, 2.45) is 5.73 Å². The summed E-state index contributed by atoms with van der Waals surface area (Å²) in [6, 6.07) is 8.90. The average molecular weight is 438 g/mol. The molecule has 0 saturated carbocycles. The summed E-state index contributed by atoms with van der Waals surface area (Å²) in [7, 11) is 1.35. The van der Waals surface area contributed by atoms with Gasteiger partial charge in [0.25, 0.3) is 0 Å². The minimum absolute atomic E-state index is 0.397.